The van der Waals surface area contributed by atoms with Gasteiger partial charge in [-0.2, -0.15) is 0 Å². The van der Waals surface area contributed by atoms with E-state index in [0.29, 0.717) is 12.3 Å². The smallest absolute Gasteiger partial charge is 0.317 e. The first kappa shape index (κ1) is 12.6. The maximum atomic E-state index is 10.9. The third-order valence-corrected chi connectivity index (χ3v) is 3.87. The van der Waals surface area contributed by atoms with Crippen molar-refractivity contribution in [1.29, 1.82) is 0 Å². The lowest BCUT2D eigenvalue weighted by atomic mass is 9.86. The zero-order valence-corrected chi connectivity index (χ0v) is 9.89. The molecule has 0 aromatic heterocycles. The van der Waals surface area contributed by atoms with E-state index < -0.39 is 11.2 Å². The van der Waals surface area contributed by atoms with Crippen LogP contribution in [-0.4, -0.2) is 21.4 Å². The fourth-order valence-corrected chi connectivity index (χ4v) is 3.00. The number of thioether (sulfide) groups is 1. The minimum Gasteiger partial charge on any atom is -0.480 e. The molecule has 0 radical (unpaired) electrons. The van der Waals surface area contributed by atoms with Gasteiger partial charge < -0.3 is 5.11 Å². The Bertz CT molecular complexity index is 234. The van der Waals surface area contributed by atoms with Crippen LogP contribution in [0.1, 0.15) is 45.4 Å². The zero-order chi connectivity index (χ0) is 11.3. The molecule has 1 saturated carbocycles. The first-order valence-corrected chi connectivity index (χ1v) is 6.37. The number of carbonyl (C=O) groups is 2. The van der Waals surface area contributed by atoms with Crippen molar-refractivity contribution in [3.05, 3.63) is 0 Å². The van der Waals surface area contributed by atoms with Crippen molar-refractivity contribution >= 4 is 22.8 Å². The molecule has 0 saturated heterocycles. The molecule has 1 aliphatic carbocycles. The second kappa shape index (κ2) is 6.16. The highest BCUT2D eigenvalue weighted by atomic mass is 32.2. The Kier molecular flexibility index (Phi) is 5.15. The molecular formula is C11H18O3S. The minimum atomic E-state index is -0.847. The van der Waals surface area contributed by atoms with Crippen LogP contribution >= 0.6 is 11.8 Å². The Morgan fingerprint density at radius 2 is 1.93 bits per heavy atom. The van der Waals surface area contributed by atoms with Gasteiger partial charge in [-0.15, -0.1) is 0 Å². The van der Waals surface area contributed by atoms with Crippen LogP contribution in [0.2, 0.25) is 0 Å². The molecule has 1 atom stereocenters. The van der Waals surface area contributed by atoms with Gasteiger partial charge in [-0.25, -0.2) is 0 Å². The van der Waals surface area contributed by atoms with Gasteiger partial charge in [0, 0.05) is 6.92 Å². The van der Waals surface area contributed by atoms with Crippen LogP contribution in [0.25, 0.3) is 0 Å². The average Bonchev–Trinajstić information content (AvgIpc) is 2.17. The number of carbonyl (C=O) groups excluding carboxylic acids is 1. The van der Waals surface area contributed by atoms with E-state index in [4.69, 9.17) is 5.11 Å². The summed E-state index contributed by atoms with van der Waals surface area (Å²) in [4.78, 5) is 21.8. The monoisotopic (exact) mass is 230 g/mol. The van der Waals surface area contributed by atoms with E-state index in [-0.39, 0.29) is 5.12 Å². The summed E-state index contributed by atoms with van der Waals surface area (Å²) in [6.45, 7) is 1.43. The van der Waals surface area contributed by atoms with Gasteiger partial charge in [0.15, 0.2) is 5.12 Å². The zero-order valence-electron chi connectivity index (χ0n) is 9.07. The van der Waals surface area contributed by atoms with Gasteiger partial charge in [0.1, 0.15) is 5.25 Å². The van der Waals surface area contributed by atoms with E-state index in [1.54, 1.807) is 0 Å². The number of rotatable bonds is 4. The highest BCUT2D eigenvalue weighted by molar-refractivity contribution is 8.14. The van der Waals surface area contributed by atoms with E-state index >= 15 is 0 Å². The SMILES string of the molecule is CC(=O)SC(CC1CCCCC1)C(=O)O. The molecule has 15 heavy (non-hydrogen) atoms. The van der Waals surface area contributed by atoms with E-state index in [2.05, 4.69) is 0 Å². The van der Waals surface area contributed by atoms with Crippen molar-refractivity contribution in [1.82, 2.24) is 0 Å². The summed E-state index contributed by atoms with van der Waals surface area (Å²) < 4.78 is 0. The number of carboxylic acid groups (broad SMARTS) is 1. The van der Waals surface area contributed by atoms with E-state index in [1.807, 2.05) is 0 Å². The largest absolute Gasteiger partial charge is 0.480 e. The molecule has 0 aliphatic heterocycles. The summed E-state index contributed by atoms with van der Waals surface area (Å²) in [6, 6.07) is 0. The molecule has 4 heteroatoms. The van der Waals surface area contributed by atoms with E-state index in [9.17, 15) is 9.59 Å². The maximum Gasteiger partial charge on any atom is 0.317 e. The maximum absolute atomic E-state index is 10.9. The molecule has 0 spiro atoms. The van der Waals surface area contributed by atoms with Crippen LogP contribution in [0, 0.1) is 5.92 Å². The van der Waals surface area contributed by atoms with Crippen molar-refractivity contribution in [2.24, 2.45) is 5.92 Å². The summed E-state index contributed by atoms with van der Waals surface area (Å²) in [6.07, 6.45) is 6.60. The molecule has 1 rings (SSSR count). The van der Waals surface area contributed by atoms with Crippen LogP contribution in [-0.2, 0) is 9.59 Å². The molecule has 0 bridgehead atoms. The van der Waals surface area contributed by atoms with E-state index in [1.165, 1.54) is 26.2 Å². The molecule has 1 fully saturated rings. The molecule has 0 heterocycles. The lowest BCUT2D eigenvalue weighted by molar-refractivity contribution is -0.136. The molecule has 0 aromatic carbocycles. The number of hydrogen-bond donors (Lipinski definition) is 1. The second-order valence-corrected chi connectivity index (χ2v) is 5.56. The van der Waals surface area contributed by atoms with Crippen LogP contribution in [0.4, 0.5) is 0 Å². The third kappa shape index (κ3) is 4.69. The number of hydrogen-bond acceptors (Lipinski definition) is 3. The standard InChI is InChI=1S/C11H18O3S/c1-8(12)15-10(11(13)14)7-9-5-3-2-4-6-9/h9-10H,2-7H2,1H3,(H,13,14). The van der Waals surface area contributed by atoms with Gasteiger partial charge in [-0.1, -0.05) is 43.9 Å². The van der Waals surface area contributed by atoms with Crippen molar-refractivity contribution < 1.29 is 14.7 Å². The Morgan fingerprint density at radius 1 is 1.33 bits per heavy atom. The van der Waals surface area contributed by atoms with Crippen molar-refractivity contribution in [2.75, 3.05) is 0 Å². The quantitative estimate of drug-likeness (QED) is 0.806. The predicted molar refractivity (Wildman–Crippen MR) is 60.9 cm³/mol. The summed E-state index contributed by atoms with van der Waals surface area (Å²) in [5.74, 6) is -0.340. The first-order valence-electron chi connectivity index (χ1n) is 5.49. The van der Waals surface area contributed by atoms with Gasteiger partial charge in [-0.3, -0.25) is 9.59 Å². The first-order chi connectivity index (χ1) is 7.09. The number of carboxylic acids is 1. The van der Waals surface area contributed by atoms with Crippen LogP contribution in [0.15, 0.2) is 0 Å². The van der Waals surface area contributed by atoms with Crippen LogP contribution in [0.5, 0.6) is 0 Å². The Hall–Kier alpha value is -0.510. The normalized spacial score (nSPS) is 19.8. The summed E-state index contributed by atoms with van der Waals surface area (Å²) in [7, 11) is 0. The predicted octanol–water partition coefficient (Wildman–Crippen LogP) is 2.69. The molecular weight excluding hydrogens is 212 g/mol. The fourth-order valence-electron chi connectivity index (χ4n) is 2.13. The highest BCUT2D eigenvalue weighted by Crippen LogP contribution is 2.31. The van der Waals surface area contributed by atoms with Crippen molar-refractivity contribution in [3.63, 3.8) is 0 Å². The average molecular weight is 230 g/mol. The fraction of sp³-hybridized carbons (Fsp3) is 0.818. The topological polar surface area (TPSA) is 54.4 Å². The number of aliphatic carboxylic acids is 1. The molecule has 86 valence electrons. The second-order valence-electron chi connectivity index (χ2n) is 4.18. The van der Waals surface area contributed by atoms with Gasteiger partial charge in [0.2, 0.25) is 0 Å². The van der Waals surface area contributed by atoms with Crippen molar-refractivity contribution in [3.8, 4) is 0 Å². The summed E-state index contributed by atoms with van der Waals surface area (Å²) >= 11 is 0.963. The van der Waals surface area contributed by atoms with Crippen LogP contribution < -0.4 is 0 Å². The van der Waals surface area contributed by atoms with Gasteiger partial charge in [0.25, 0.3) is 0 Å². The van der Waals surface area contributed by atoms with Gasteiger partial charge in [-0.05, 0) is 12.3 Å². The molecule has 1 unspecified atom stereocenters. The Morgan fingerprint density at radius 3 is 2.40 bits per heavy atom. The Balaban J connectivity index is 2.42. The summed E-state index contributed by atoms with van der Waals surface area (Å²) in [5.41, 5.74) is 0. The minimum absolute atomic E-state index is 0.0989. The third-order valence-electron chi connectivity index (χ3n) is 2.86. The molecule has 1 aliphatic rings. The molecule has 1 N–H and O–H groups in total. The Labute approximate surface area is 94.6 Å². The van der Waals surface area contributed by atoms with Gasteiger partial charge in [0.05, 0.1) is 0 Å². The highest BCUT2D eigenvalue weighted by Gasteiger charge is 2.25. The van der Waals surface area contributed by atoms with Gasteiger partial charge >= 0.3 is 5.97 Å². The lowest BCUT2D eigenvalue weighted by Gasteiger charge is -2.23. The molecule has 0 amide bonds. The lowest BCUT2D eigenvalue weighted by Crippen LogP contribution is -2.22. The van der Waals surface area contributed by atoms with E-state index in [0.717, 1.165) is 24.6 Å². The molecule has 3 nitrogen and oxygen atoms in total. The summed E-state index contributed by atoms with van der Waals surface area (Å²) in [5, 5.41) is 8.34. The molecule has 0 aromatic rings. The van der Waals surface area contributed by atoms with Crippen LogP contribution in [0.3, 0.4) is 0 Å². The van der Waals surface area contributed by atoms with Crippen molar-refractivity contribution in [2.45, 2.75) is 50.7 Å².